The molecule has 0 saturated carbocycles. The fourth-order valence-electron chi connectivity index (χ4n) is 2.65. The summed E-state index contributed by atoms with van der Waals surface area (Å²) in [6.07, 6.45) is -4.17. The van der Waals surface area contributed by atoms with Crippen molar-refractivity contribution in [2.45, 2.75) is 19.7 Å². The Balaban J connectivity index is 1.52. The van der Waals surface area contributed by atoms with E-state index >= 15 is 0 Å². The van der Waals surface area contributed by atoms with E-state index in [0.717, 1.165) is 10.6 Å². The number of halogens is 3. The predicted molar refractivity (Wildman–Crippen MR) is 108 cm³/mol. The van der Waals surface area contributed by atoms with Gasteiger partial charge in [-0.3, -0.25) is 0 Å². The van der Waals surface area contributed by atoms with Gasteiger partial charge in [0.15, 0.2) is 6.61 Å². The van der Waals surface area contributed by atoms with Gasteiger partial charge in [0.05, 0.1) is 17.3 Å². The number of carboxylic acid groups (broad SMARTS) is 1. The molecule has 0 bridgehead atoms. The van der Waals surface area contributed by atoms with Crippen molar-refractivity contribution in [1.82, 2.24) is 4.98 Å². The van der Waals surface area contributed by atoms with Crippen molar-refractivity contribution in [3.05, 3.63) is 58.4 Å². The molecule has 0 radical (unpaired) electrons. The number of hydrogen-bond acceptors (Lipinski definition) is 6. The smallest absolute Gasteiger partial charge is 0.493 e. The van der Waals surface area contributed by atoms with E-state index in [-0.39, 0.29) is 5.75 Å². The number of benzene rings is 2. The van der Waals surface area contributed by atoms with Crippen LogP contribution in [0.2, 0.25) is 0 Å². The lowest BCUT2D eigenvalue weighted by molar-refractivity contribution is -0.274. The molecule has 0 spiro atoms. The molecule has 1 N–H and O–H groups in total. The van der Waals surface area contributed by atoms with E-state index in [0.29, 0.717) is 35.8 Å². The largest absolute Gasteiger partial charge is 0.573 e. The fraction of sp³-hybridized carbons (Fsp3) is 0.238. The highest BCUT2D eigenvalue weighted by Crippen LogP contribution is 2.28. The predicted octanol–water partition coefficient (Wildman–Crippen LogP) is 5.10. The summed E-state index contributed by atoms with van der Waals surface area (Å²) in [6, 6.07) is 10.6. The molecule has 0 aliphatic heterocycles. The third-order valence-electron chi connectivity index (χ3n) is 4.02. The maximum absolute atomic E-state index is 12.2. The van der Waals surface area contributed by atoms with Crippen molar-refractivity contribution in [1.29, 1.82) is 0 Å². The van der Waals surface area contributed by atoms with Crippen LogP contribution in [0.1, 0.15) is 10.6 Å². The molecule has 3 aromatic rings. The number of aryl methyl sites for hydroxylation is 1. The van der Waals surface area contributed by atoms with Crippen LogP contribution in [0, 0.1) is 6.92 Å². The van der Waals surface area contributed by atoms with E-state index in [2.05, 4.69) is 9.72 Å². The summed E-state index contributed by atoms with van der Waals surface area (Å²) < 4.78 is 51.5. The molecule has 6 nitrogen and oxygen atoms in total. The Kier molecular flexibility index (Phi) is 7.01. The third kappa shape index (κ3) is 6.88. The number of rotatable bonds is 9. The lowest BCUT2D eigenvalue weighted by atomic mass is 10.2. The van der Waals surface area contributed by atoms with E-state index < -0.39 is 18.9 Å². The monoisotopic (exact) mass is 453 g/mol. The number of thiazole rings is 1. The summed E-state index contributed by atoms with van der Waals surface area (Å²) in [6.45, 7) is 1.76. The molecule has 3 rings (SSSR count). The zero-order valence-electron chi connectivity index (χ0n) is 16.3. The molecule has 0 aliphatic rings. The first kappa shape index (κ1) is 22.4. The van der Waals surface area contributed by atoms with Gasteiger partial charge >= 0.3 is 12.3 Å². The molecular weight excluding hydrogens is 435 g/mol. The summed E-state index contributed by atoms with van der Waals surface area (Å²) >= 11 is 1.43. The highest BCUT2D eigenvalue weighted by molar-refractivity contribution is 7.09. The van der Waals surface area contributed by atoms with Crippen molar-refractivity contribution in [3.63, 3.8) is 0 Å². The molecule has 10 heteroatoms. The average Bonchev–Trinajstić information content (AvgIpc) is 3.15. The summed E-state index contributed by atoms with van der Waals surface area (Å²) in [5.41, 5.74) is 2.10. The van der Waals surface area contributed by atoms with Crippen LogP contribution in [-0.2, 0) is 11.2 Å². The first-order chi connectivity index (χ1) is 14.7. The van der Waals surface area contributed by atoms with Gasteiger partial charge in [-0.1, -0.05) is 0 Å². The second kappa shape index (κ2) is 9.69. The molecule has 0 fully saturated rings. The van der Waals surface area contributed by atoms with Crippen LogP contribution in [0.25, 0.3) is 11.3 Å². The molecule has 2 aromatic carbocycles. The van der Waals surface area contributed by atoms with Crippen LogP contribution in [0.3, 0.4) is 0 Å². The van der Waals surface area contributed by atoms with E-state index in [1.165, 1.54) is 35.6 Å². The van der Waals surface area contributed by atoms with Crippen molar-refractivity contribution < 1.29 is 37.3 Å². The Bertz CT molecular complexity index is 1030. The molecule has 0 saturated heterocycles. The highest BCUT2D eigenvalue weighted by atomic mass is 32.1. The lowest BCUT2D eigenvalue weighted by Gasteiger charge is -2.10. The minimum Gasteiger partial charge on any atom is -0.493 e. The number of alkyl halides is 3. The number of ether oxygens (including phenoxy) is 3. The second-order valence-corrected chi connectivity index (χ2v) is 7.35. The van der Waals surface area contributed by atoms with Crippen molar-refractivity contribution >= 4 is 17.3 Å². The lowest BCUT2D eigenvalue weighted by Crippen LogP contribution is -2.16. The standard InChI is InChI=1S/C21H18F3NO5S/c1-13-10-16(6-7-18(13)29-11-20(26)27)28-9-8-19-25-17(12-31-19)14-2-4-15(5-3-14)30-21(22,23)24/h2-7,10,12H,8-9,11H2,1H3,(H,26,27). The quantitative estimate of drug-likeness (QED) is 0.486. The minimum atomic E-state index is -4.72. The minimum absolute atomic E-state index is 0.283. The molecule has 0 amide bonds. The van der Waals surface area contributed by atoms with Gasteiger partial charge in [0, 0.05) is 17.4 Å². The molecule has 1 aromatic heterocycles. The van der Waals surface area contributed by atoms with Gasteiger partial charge < -0.3 is 19.3 Å². The van der Waals surface area contributed by atoms with E-state index in [9.17, 15) is 18.0 Å². The SMILES string of the molecule is Cc1cc(OCCc2nc(-c3ccc(OC(F)(F)F)cc3)cs2)ccc1OCC(=O)O. The van der Waals surface area contributed by atoms with Crippen LogP contribution in [0.15, 0.2) is 47.8 Å². The topological polar surface area (TPSA) is 77.9 Å². The van der Waals surface area contributed by atoms with Crippen molar-refractivity contribution in [3.8, 4) is 28.5 Å². The Morgan fingerprint density at radius 2 is 1.81 bits per heavy atom. The normalized spacial score (nSPS) is 11.2. The molecular formula is C21H18F3NO5S. The van der Waals surface area contributed by atoms with E-state index in [4.69, 9.17) is 14.6 Å². The Morgan fingerprint density at radius 1 is 1.10 bits per heavy atom. The average molecular weight is 453 g/mol. The van der Waals surface area contributed by atoms with Crippen LogP contribution >= 0.6 is 11.3 Å². The van der Waals surface area contributed by atoms with Gasteiger partial charge in [-0.15, -0.1) is 24.5 Å². The van der Waals surface area contributed by atoms with E-state index in [1.807, 2.05) is 5.38 Å². The zero-order valence-corrected chi connectivity index (χ0v) is 17.1. The number of nitrogens with zero attached hydrogens (tertiary/aromatic N) is 1. The Morgan fingerprint density at radius 3 is 2.45 bits per heavy atom. The number of carboxylic acids is 1. The maximum Gasteiger partial charge on any atom is 0.573 e. The fourth-order valence-corrected chi connectivity index (χ4v) is 3.44. The third-order valence-corrected chi connectivity index (χ3v) is 4.93. The van der Waals surface area contributed by atoms with Gasteiger partial charge in [0.1, 0.15) is 17.2 Å². The molecule has 31 heavy (non-hydrogen) atoms. The van der Waals surface area contributed by atoms with Crippen LogP contribution in [0.5, 0.6) is 17.2 Å². The Labute approximate surface area is 179 Å². The molecule has 0 aliphatic carbocycles. The van der Waals surface area contributed by atoms with Gasteiger partial charge in [0.25, 0.3) is 0 Å². The summed E-state index contributed by atoms with van der Waals surface area (Å²) in [7, 11) is 0. The number of aromatic nitrogens is 1. The molecule has 1 heterocycles. The highest BCUT2D eigenvalue weighted by Gasteiger charge is 2.31. The molecule has 164 valence electrons. The molecule has 0 atom stereocenters. The maximum atomic E-state index is 12.2. The number of hydrogen-bond donors (Lipinski definition) is 1. The second-order valence-electron chi connectivity index (χ2n) is 6.41. The first-order valence-corrected chi connectivity index (χ1v) is 9.96. The molecule has 0 unspecified atom stereocenters. The number of aliphatic carboxylic acids is 1. The first-order valence-electron chi connectivity index (χ1n) is 9.08. The summed E-state index contributed by atoms with van der Waals surface area (Å²) in [5.74, 6) is -0.230. The summed E-state index contributed by atoms with van der Waals surface area (Å²) in [4.78, 5) is 15.1. The van der Waals surface area contributed by atoms with Crippen LogP contribution < -0.4 is 14.2 Å². The van der Waals surface area contributed by atoms with E-state index in [1.54, 1.807) is 25.1 Å². The van der Waals surface area contributed by atoms with Crippen LogP contribution in [-0.4, -0.2) is 35.6 Å². The van der Waals surface area contributed by atoms with Crippen molar-refractivity contribution in [2.75, 3.05) is 13.2 Å². The number of carbonyl (C=O) groups is 1. The van der Waals surface area contributed by atoms with Gasteiger partial charge in [-0.2, -0.15) is 0 Å². The van der Waals surface area contributed by atoms with Gasteiger partial charge in [-0.25, -0.2) is 9.78 Å². The Hall–Kier alpha value is -3.27. The van der Waals surface area contributed by atoms with Crippen LogP contribution in [0.4, 0.5) is 13.2 Å². The van der Waals surface area contributed by atoms with Gasteiger partial charge in [0.2, 0.25) is 0 Å². The zero-order chi connectivity index (χ0) is 22.4. The van der Waals surface area contributed by atoms with Crippen molar-refractivity contribution in [2.24, 2.45) is 0 Å². The van der Waals surface area contributed by atoms with Gasteiger partial charge in [-0.05, 0) is 55.0 Å². The summed E-state index contributed by atoms with van der Waals surface area (Å²) in [5, 5.41) is 11.3.